The van der Waals surface area contributed by atoms with Crippen molar-refractivity contribution in [3.05, 3.63) is 39.8 Å². The summed E-state index contributed by atoms with van der Waals surface area (Å²) in [5.41, 5.74) is 4.57. The smallest absolute Gasteiger partial charge is 0.416 e. The molecule has 0 saturated carbocycles. The Kier molecular flexibility index (Phi) is 7.00. The van der Waals surface area contributed by atoms with Gasteiger partial charge in [-0.25, -0.2) is 4.98 Å². The number of amides is 1. The molecule has 1 heterocycles. The number of halogens is 4. The van der Waals surface area contributed by atoms with Crippen molar-refractivity contribution in [1.29, 1.82) is 0 Å². The molecule has 0 saturated heterocycles. The molecule has 0 aliphatic rings. The number of rotatable bonds is 5. The SMILES string of the molecule is CCOc1ccc(C(F)(F)F)cc1NC(=O)c1csc(CN)n1.Cl. The van der Waals surface area contributed by atoms with Crippen LogP contribution in [0.4, 0.5) is 18.9 Å². The van der Waals surface area contributed by atoms with E-state index in [1.54, 1.807) is 6.92 Å². The second-order valence-electron chi connectivity index (χ2n) is 4.43. The molecular weight excluding hydrogens is 367 g/mol. The van der Waals surface area contributed by atoms with Gasteiger partial charge in [0.15, 0.2) is 0 Å². The highest BCUT2D eigenvalue weighted by Gasteiger charge is 2.31. The highest BCUT2D eigenvalue weighted by molar-refractivity contribution is 7.09. The molecule has 0 fully saturated rings. The fourth-order valence-electron chi connectivity index (χ4n) is 1.78. The lowest BCUT2D eigenvalue weighted by atomic mass is 10.1. The molecule has 3 N–H and O–H groups in total. The molecule has 5 nitrogen and oxygen atoms in total. The summed E-state index contributed by atoms with van der Waals surface area (Å²) < 4.78 is 43.7. The summed E-state index contributed by atoms with van der Waals surface area (Å²) in [5, 5.41) is 4.45. The average molecular weight is 382 g/mol. The molecule has 0 bridgehead atoms. The Morgan fingerprint density at radius 2 is 2.12 bits per heavy atom. The van der Waals surface area contributed by atoms with Gasteiger partial charge in [0.25, 0.3) is 5.91 Å². The van der Waals surface area contributed by atoms with Gasteiger partial charge in [-0.15, -0.1) is 23.7 Å². The van der Waals surface area contributed by atoms with E-state index in [4.69, 9.17) is 10.5 Å². The van der Waals surface area contributed by atoms with Crippen LogP contribution >= 0.6 is 23.7 Å². The van der Waals surface area contributed by atoms with Gasteiger partial charge in [-0.1, -0.05) is 0 Å². The lowest BCUT2D eigenvalue weighted by Crippen LogP contribution is -2.15. The summed E-state index contributed by atoms with van der Waals surface area (Å²) in [4.78, 5) is 16.1. The highest BCUT2D eigenvalue weighted by atomic mass is 35.5. The van der Waals surface area contributed by atoms with Gasteiger partial charge in [0.2, 0.25) is 0 Å². The van der Waals surface area contributed by atoms with E-state index in [2.05, 4.69) is 10.3 Å². The number of alkyl halides is 3. The molecule has 1 aromatic heterocycles. The largest absolute Gasteiger partial charge is 0.492 e. The monoisotopic (exact) mass is 381 g/mol. The normalized spacial score (nSPS) is 10.9. The number of thiazole rings is 1. The van der Waals surface area contributed by atoms with Crippen LogP contribution in [-0.4, -0.2) is 17.5 Å². The molecule has 0 spiro atoms. The van der Waals surface area contributed by atoms with Crippen LogP contribution < -0.4 is 15.8 Å². The number of nitrogens with zero attached hydrogens (tertiary/aromatic N) is 1. The molecule has 2 aromatic rings. The summed E-state index contributed by atoms with van der Waals surface area (Å²) in [6, 6.07) is 2.91. The molecule has 1 aromatic carbocycles. The maximum absolute atomic E-state index is 12.8. The molecule has 0 aliphatic heterocycles. The molecule has 2 rings (SSSR count). The van der Waals surface area contributed by atoms with E-state index in [9.17, 15) is 18.0 Å². The minimum atomic E-state index is -4.52. The van der Waals surface area contributed by atoms with Crippen molar-refractivity contribution in [3.8, 4) is 5.75 Å². The molecule has 1 amide bonds. The third kappa shape index (κ3) is 4.83. The fraction of sp³-hybridized carbons (Fsp3) is 0.286. The van der Waals surface area contributed by atoms with E-state index in [0.717, 1.165) is 12.1 Å². The number of hydrogen-bond donors (Lipinski definition) is 2. The second-order valence-corrected chi connectivity index (χ2v) is 5.37. The minimum Gasteiger partial charge on any atom is -0.492 e. The van der Waals surface area contributed by atoms with Crippen LogP contribution in [0, 0.1) is 0 Å². The molecule has 0 aliphatic carbocycles. The molecule has 24 heavy (non-hydrogen) atoms. The third-order valence-electron chi connectivity index (χ3n) is 2.81. The van der Waals surface area contributed by atoms with Crippen molar-refractivity contribution >= 4 is 35.3 Å². The summed E-state index contributed by atoms with van der Waals surface area (Å²) >= 11 is 1.20. The van der Waals surface area contributed by atoms with Crippen molar-refractivity contribution in [2.24, 2.45) is 5.73 Å². The predicted octanol–water partition coefficient (Wildman–Crippen LogP) is 3.69. The first-order valence-corrected chi connectivity index (χ1v) is 7.53. The van der Waals surface area contributed by atoms with Crippen molar-refractivity contribution in [3.63, 3.8) is 0 Å². The number of aromatic nitrogens is 1. The van der Waals surface area contributed by atoms with Crippen LogP contribution in [0.1, 0.15) is 28.0 Å². The first-order chi connectivity index (χ1) is 10.8. The number of hydrogen-bond acceptors (Lipinski definition) is 5. The zero-order chi connectivity index (χ0) is 17.0. The van der Waals surface area contributed by atoms with Gasteiger partial charge in [0.05, 0.1) is 17.9 Å². The van der Waals surface area contributed by atoms with Gasteiger partial charge in [0.1, 0.15) is 16.5 Å². The van der Waals surface area contributed by atoms with Crippen molar-refractivity contribution < 1.29 is 22.7 Å². The second kappa shape index (κ2) is 8.32. The summed E-state index contributed by atoms with van der Waals surface area (Å²) in [5.74, 6) is -0.468. The Bertz CT molecular complexity index is 707. The summed E-state index contributed by atoms with van der Waals surface area (Å²) in [6.07, 6.45) is -4.52. The zero-order valence-electron chi connectivity index (χ0n) is 12.5. The Morgan fingerprint density at radius 3 is 2.67 bits per heavy atom. The van der Waals surface area contributed by atoms with Crippen molar-refractivity contribution in [2.45, 2.75) is 19.6 Å². The zero-order valence-corrected chi connectivity index (χ0v) is 14.1. The van der Waals surface area contributed by atoms with Crippen LogP contribution in [0.3, 0.4) is 0 Å². The number of benzene rings is 1. The summed E-state index contributed by atoms with van der Waals surface area (Å²) in [7, 11) is 0. The van der Waals surface area contributed by atoms with Gasteiger partial charge in [-0.2, -0.15) is 13.2 Å². The highest BCUT2D eigenvalue weighted by Crippen LogP contribution is 2.35. The Hall–Kier alpha value is -1.84. The van der Waals surface area contributed by atoms with Crippen LogP contribution in [-0.2, 0) is 12.7 Å². The van der Waals surface area contributed by atoms with E-state index < -0.39 is 17.6 Å². The molecule has 132 valence electrons. The quantitative estimate of drug-likeness (QED) is 0.828. The minimum absolute atomic E-state index is 0. The van der Waals surface area contributed by atoms with Gasteiger partial charge in [-0.05, 0) is 25.1 Å². The van der Waals surface area contributed by atoms with Gasteiger partial charge < -0.3 is 15.8 Å². The van der Waals surface area contributed by atoms with E-state index in [-0.39, 0.29) is 42.7 Å². The predicted molar refractivity (Wildman–Crippen MR) is 87.8 cm³/mol. The van der Waals surface area contributed by atoms with E-state index >= 15 is 0 Å². The molecule has 10 heteroatoms. The topological polar surface area (TPSA) is 77.2 Å². The number of carbonyl (C=O) groups is 1. The van der Waals surface area contributed by atoms with Crippen LogP contribution in [0.15, 0.2) is 23.6 Å². The average Bonchev–Trinajstić information content (AvgIpc) is 2.97. The molecular formula is C14H15ClF3N3O2S. The molecule has 0 radical (unpaired) electrons. The molecule has 0 unspecified atom stereocenters. The fourth-order valence-corrected chi connectivity index (χ4v) is 2.44. The number of anilines is 1. The lowest BCUT2D eigenvalue weighted by molar-refractivity contribution is -0.137. The number of carbonyl (C=O) groups excluding carboxylic acids is 1. The number of ether oxygens (including phenoxy) is 1. The first kappa shape index (κ1) is 20.2. The Labute approximate surface area is 146 Å². The first-order valence-electron chi connectivity index (χ1n) is 6.65. The standard InChI is InChI=1S/C14H14F3N3O2S.ClH/c1-2-22-11-4-3-8(14(15,16)17)5-9(11)20-13(21)10-7-23-12(6-18)19-10;/h3-5,7H,2,6,18H2,1H3,(H,20,21);1H. The van der Waals surface area contributed by atoms with Gasteiger partial charge in [-0.3, -0.25) is 4.79 Å². The Balaban J connectivity index is 0.00000288. The third-order valence-corrected chi connectivity index (χ3v) is 3.69. The molecule has 0 atom stereocenters. The van der Waals surface area contributed by atoms with E-state index in [0.29, 0.717) is 5.01 Å². The lowest BCUT2D eigenvalue weighted by Gasteiger charge is -2.14. The Morgan fingerprint density at radius 1 is 1.42 bits per heavy atom. The van der Waals surface area contributed by atoms with Crippen LogP contribution in [0.25, 0.3) is 0 Å². The maximum atomic E-state index is 12.8. The van der Waals surface area contributed by atoms with Crippen molar-refractivity contribution in [1.82, 2.24) is 4.98 Å². The van der Waals surface area contributed by atoms with Crippen LogP contribution in [0.2, 0.25) is 0 Å². The number of nitrogens with one attached hydrogen (secondary N) is 1. The van der Waals surface area contributed by atoms with Gasteiger partial charge in [0, 0.05) is 11.9 Å². The van der Waals surface area contributed by atoms with E-state index in [1.807, 2.05) is 0 Å². The van der Waals surface area contributed by atoms with Gasteiger partial charge >= 0.3 is 6.18 Å². The van der Waals surface area contributed by atoms with Crippen LogP contribution in [0.5, 0.6) is 5.75 Å². The van der Waals surface area contributed by atoms with Crippen molar-refractivity contribution in [2.75, 3.05) is 11.9 Å². The number of nitrogens with two attached hydrogens (primary N) is 1. The van der Waals surface area contributed by atoms with E-state index in [1.165, 1.54) is 22.8 Å². The summed E-state index contributed by atoms with van der Waals surface area (Å²) in [6.45, 7) is 2.13. The maximum Gasteiger partial charge on any atom is 0.416 e.